The van der Waals surface area contributed by atoms with Gasteiger partial charge < -0.3 is 15.2 Å². The first-order chi connectivity index (χ1) is 11.5. The fourth-order valence-electron chi connectivity index (χ4n) is 2.37. The summed E-state index contributed by atoms with van der Waals surface area (Å²) in [4.78, 5) is 15.7. The van der Waals surface area contributed by atoms with Crippen molar-refractivity contribution in [2.24, 2.45) is 11.8 Å². The number of aliphatic carboxylic acids is 1. The molecule has 2 aromatic rings. The molecule has 0 fully saturated rings. The lowest BCUT2D eigenvalue weighted by Gasteiger charge is -2.14. The largest absolute Gasteiger partial charge is 0.486 e. The minimum Gasteiger partial charge on any atom is -0.486 e. The van der Waals surface area contributed by atoms with Crippen LogP contribution in [-0.4, -0.2) is 22.6 Å². The van der Waals surface area contributed by atoms with Crippen molar-refractivity contribution in [3.8, 4) is 5.75 Å². The van der Waals surface area contributed by atoms with Gasteiger partial charge in [-0.2, -0.15) is 0 Å². The van der Waals surface area contributed by atoms with Gasteiger partial charge in [-0.05, 0) is 24.5 Å². The number of rotatable bonds is 10. The number of ether oxygens (including phenoxy) is 1. The summed E-state index contributed by atoms with van der Waals surface area (Å²) in [6, 6.07) is 9.64. The second-order valence-electron chi connectivity index (χ2n) is 6.13. The maximum absolute atomic E-state index is 11.2. The van der Waals surface area contributed by atoms with Crippen LogP contribution in [0.2, 0.25) is 0 Å². The van der Waals surface area contributed by atoms with E-state index in [1.165, 1.54) is 0 Å². The molecule has 1 atom stereocenters. The van der Waals surface area contributed by atoms with Gasteiger partial charge in [0, 0.05) is 18.5 Å². The van der Waals surface area contributed by atoms with Crippen LogP contribution in [-0.2, 0) is 17.9 Å². The molecule has 130 valence electrons. The number of aromatic nitrogens is 1. The Morgan fingerprint density at radius 3 is 2.75 bits per heavy atom. The van der Waals surface area contributed by atoms with Gasteiger partial charge in [-0.25, -0.2) is 4.98 Å². The minimum atomic E-state index is -0.744. The van der Waals surface area contributed by atoms with Gasteiger partial charge in [-0.1, -0.05) is 32.0 Å². The highest BCUT2D eigenvalue weighted by atomic mass is 32.1. The zero-order chi connectivity index (χ0) is 17.4. The average Bonchev–Trinajstić information content (AvgIpc) is 3.00. The molecule has 1 aromatic heterocycles. The molecule has 5 nitrogen and oxygen atoms in total. The first-order valence-corrected chi connectivity index (χ1v) is 8.97. The predicted molar refractivity (Wildman–Crippen MR) is 95.2 cm³/mol. The first-order valence-electron chi connectivity index (χ1n) is 8.09. The Labute approximate surface area is 146 Å². The molecule has 1 unspecified atom stereocenters. The highest BCUT2D eigenvalue weighted by Crippen LogP contribution is 2.15. The van der Waals surface area contributed by atoms with Crippen LogP contribution >= 0.6 is 11.3 Å². The van der Waals surface area contributed by atoms with E-state index in [2.05, 4.69) is 10.3 Å². The van der Waals surface area contributed by atoms with Gasteiger partial charge in [-0.3, -0.25) is 4.79 Å². The van der Waals surface area contributed by atoms with E-state index in [-0.39, 0.29) is 5.92 Å². The molecule has 0 radical (unpaired) electrons. The van der Waals surface area contributed by atoms with Gasteiger partial charge in [0.25, 0.3) is 0 Å². The van der Waals surface area contributed by atoms with E-state index in [4.69, 9.17) is 4.74 Å². The molecule has 1 aromatic carbocycles. The van der Waals surface area contributed by atoms with Crippen molar-refractivity contribution in [2.75, 3.05) is 6.54 Å². The molecule has 1 heterocycles. The molecule has 0 aliphatic rings. The molecule has 0 saturated heterocycles. The molecule has 0 bridgehead atoms. The summed E-state index contributed by atoms with van der Waals surface area (Å²) in [5.41, 5.74) is 0.917. The summed E-state index contributed by atoms with van der Waals surface area (Å²) in [5, 5.41) is 15.3. The number of nitrogens with zero attached hydrogens (tertiary/aromatic N) is 1. The van der Waals surface area contributed by atoms with Gasteiger partial charge in [-0.15, -0.1) is 11.3 Å². The van der Waals surface area contributed by atoms with Gasteiger partial charge in [0.05, 0.1) is 11.6 Å². The summed E-state index contributed by atoms with van der Waals surface area (Å²) in [5.74, 6) is 0.0928. The van der Waals surface area contributed by atoms with Crippen LogP contribution < -0.4 is 10.1 Å². The molecular weight excluding hydrogens is 324 g/mol. The SMILES string of the molecule is CC(C)CC(CNCc1csc(COc2ccccc2)n1)C(=O)O. The number of carboxylic acids is 1. The third-order valence-corrected chi connectivity index (χ3v) is 4.38. The second-order valence-corrected chi connectivity index (χ2v) is 7.07. The van der Waals surface area contributed by atoms with E-state index >= 15 is 0 Å². The predicted octanol–water partition coefficient (Wildman–Crippen LogP) is 3.56. The molecule has 0 spiro atoms. The van der Waals surface area contributed by atoms with Crippen LogP contribution in [0.4, 0.5) is 0 Å². The lowest BCUT2D eigenvalue weighted by atomic mass is 9.97. The van der Waals surface area contributed by atoms with E-state index in [0.29, 0.717) is 32.0 Å². The number of hydrogen-bond donors (Lipinski definition) is 2. The van der Waals surface area contributed by atoms with Crippen molar-refractivity contribution in [3.05, 3.63) is 46.4 Å². The number of carboxylic acid groups (broad SMARTS) is 1. The van der Waals surface area contributed by atoms with E-state index in [1.54, 1.807) is 11.3 Å². The number of hydrogen-bond acceptors (Lipinski definition) is 5. The standard InChI is InChI=1S/C18H24N2O3S/c1-13(2)8-14(18(21)22)9-19-10-15-12-24-17(20-15)11-23-16-6-4-3-5-7-16/h3-7,12-14,19H,8-11H2,1-2H3,(H,21,22). The Morgan fingerprint density at radius 2 is 2.08 bits per heavy atom. The number of carbonyl (C=O) groups is 1. The summed E-state index contributed by atoms with van der Waals surface area (Å²) < 4.78 is 5.67. The maximum Gasteiger partial charge on any atom is 0.307 e. The van der Waals surface area contributed by atoms with Gasteiger partial charge in [0.1, 0.15) is 17.4 Å². The van der Waals surface area contributed by atoms with Crippen LogP contribution in [0, 0.1) is 11.8 Å². The van der Waals surface area contributed by atoms with Gasteiger partial charge in [0.15, 0.2) is 0 Å². The lowest BCUT2D eigenvalue weighted by Crippen LogP contribution is -2.29. The van der Waals surface area contributed by atoms with Crippen molar-refractivity contribution in [3.63, 3.8) is 0 Å². The summed E-state index contributed by atoms with van der Waals surface area (Å²) in [6.45, 7) is 5.55. The Bertz CT molecular complexity index is 628. The molecule has 2 rings (SSSR count). The highest BCUT2D eigenvalue weighted by Gasteiger charge is 2.18. The molecular formula is C18H24N2O3S. The fourth-order valence-corrected chi connectivity index (χ4v) is 3.08. The molecule has 24 heavy (non-hydrogen) atoms. The first kappa shape index (κ1) is 18.4. The average molecular weight is 348 g/mol. The van der Waals surface area contributed by atoms with Crippen molar-refractivity contribution in [1.29, 1.82) is 0 Å². The van der Waals surface area contributed by atoms with E-state index < -0.39 is 5.97 Å². The number of benzene rings is 1. The molecule has 0 aliphatic carbocycles. The van der Waals surface area contributed by atoms with Crippen molar-refractivity contribution in [2.45, 2.75) is 33.4 Å². The molecule has 0 aliphatic heterocycles. The lowest BCUT2D eigenvalue weighted by molar-refractivity contribution is -0.142. The van der Waals surface area contributed by atoms with Crippen LogP contribution in [0.3, 0.4) is 0 Å². The van der Waals surface area contributed by atoms with Crippen molar-refractivity contribution >= 4 is 17.3 Å². The quantitative estimate of drug-likeness (QED) is 0.687. The van der Waals surface area contributed by atoms with Gasteiger partial charge >= 0.3 is 5.97 Å². The minimum absolute atomic E-state index is 0.357. The van der Waals surface area contributed by atoms with Crippen LogP contribution in [0.15, 0.2) is 35.7 Å². The zero-order valence-corrected chi connectivity index (χ0v) is 14.9. The van der Waals surface area contributed by atoms with Crippen LogP contribution in [0.25, 0.3) is 0 Å². The Balaban J connectivity index is 1.76. The molecule has 0 amide bonds. The number of thiazole rings is 1. The molecule has 0 saturated carbocycles. The van der Waals surface area contributed by atoms with E-state index in [0.717, 1.165) is 16.5 Å². The topological polar surface area (TPSA) is 71.5 Å². The third-order valence-electron chi connectivity index (χ3n) is 3.51. The van der Waals surface area contributed by atoms with Crippen molar-refractivity contribution in [1.82, 2.24) is 10.3 Å². The van der Waals surface area contributed by atoms with E-state index in [9.17, 15) is 9.90 Å². The van der Waals surface area contributed by atoms with E-state index in [1.807, 2.05) is 49.6 Å². The summed E-state index contributed by atoms with van der Waals surface area (Å²) in [7, 11) is 0. The zero-order valence-electron chi connectivity index (χ0n) is 14.1. The smallest absolute Gasteiger partial charge is 0.307 e. The Hall–Kier alpha value is -1.92. The maximum atomic E-state index is 11.2. The Morgan fingerprint density at radius 1 is 1.33 bits per heavy atom. The number of para-hydroxylation sites is 1. The summed E-state index contributed by atoms with van der Waals surface area (Å²) >= 11 is 1.55. The van der Waals surface area contributed by atoms with Gasteiger partial charge in [0.2, 0.25) is 0 Å². The fraction of sp³-hybridized carbons (Fsp3) is 0.444. The monoisotopic (exact) mass is 348 g/mol. The van der Waals surface area contributed by atoms with Crippen LogP contribution in [0.5, 0.6) is 5.75 Å². The van der Waals surface area contributed by atoms with Crippen LogP contribution in [0.1, 0.15) is 31.0 Å². The third kappa shape index (κ3) is 6.29. The molecule has 2 N–H and O–H groups in total. The second kappa shape index (κ2) is 9.39. The van der Waals surface area contributed by atoms with Crippen molar-refractivity contribution < 1.29 is 14.6 Å². The summed E-state index contributed by atoms with van der Waals surface area (Å²) in [6.07, 6.45) is 0.676. The highest BCUT2D eigenvalue weighted by molar-refractivity contribution is 7.09. The number of nitrogens with one attached hydrogen (secondary N) is 1. The normalized spacial score (nSPS) is 12.3. The molecule has 6 heteroatoms. The Kier molecular flexibility index (Phi) is 7.21.